The first-order valence-electron chi connectivity index (χ1n) is 4.70. The van der Waals surface area contributed by atoms with Crippen molar-refractivity contribution in [3.8, 4) is 5.69 Å². The molecular formula is C12H11NO2. The summed E-state index contributed by atoms with van der Waals surface area (Å²) in [6.07, 6.45) is 3.86. The molecule has 0 spiro atoms. The predicted octanol–water partition coefficient (Wildman–Crippen LogP) is 2.10. The molecule has 0 amide bonds. The van der Waals surface area contributed by atoms with Gasteiger partial charge in [-0.05, 0) is 23.8 Å². The second kappa shape index (κ2) is 4.00. The molecule has 76 valence electrons. The fourth-order valence-corrected chi connectivity index (χ4v) is 1.57. The minimum absolute atomic E-state index is 0.0500. The zero-order valence-corrected chi connectivity index (χ0v) is 8.13. The average molecular weight is 201 g/mol. The van der Waals surface area contributed by atoms with Gasteiger partial charge >= 0.3 is 5.97 Å². The van der Waals surface area contributed by atoms with Gasteiger partial charge in [-0.15, -0.1) is 0 Å². The standard InChI is InChI=1S/C12H11NO2/c14-12(15)9-10-5-1-2-6-11(10)13-7-3-4-8-13/h1-8H,9H2,(H,14,15). The SMILES string of the molecule is O=C(O)Cc1ccccc1-n1cccc1. The van der Waals surface area contributed by atoms with Crippen LogP contribution in [0.3, 0.4) is 0 Å². The van der Waals surface area contributed by atoms with Crippen molar-refractivity contribution in [2.75, 3.05) is 0 Å². The van der Waals surface area contributed by atoms with E-state index in [9.17, 15) is 4.79 Å². The minimum Gasteiger partial charge on any atom is -0.481 e. The number of benzene rings is 1. The van der Waals surface area contributed by atoms with Crippen molar-refractivity contribution in [1.29, 1.82) is 0 Å². The Bertz CT molecular complexity index is 460. The van der Waals surface area contributed by atoms with E-state index < -0.39 is 5.97 Å². The summed E-state index contributed by atoms with van der Waals surface area (Å²) in [7, 11) is 0. The molecule has 0 saturated heterocycles. The summed E-state index contributed by atoms with van der Waals surface area (Å²) in [5, 5.41) is 8.78. The first-order valence-corrected chi connectivity index (χ1v) is 4.70. The molecule has 15 heavy (non-hydrogen) atoms. The highest BCUT2D eigenvalue weighted by Gasteiger charge is 2.06. The molecule has 0 aliphatic carbocycles. The number of carbonyl (C=O) groups is 1. The van der Waals surface area contributed by atoms with Crippen molar-refractivity contribution in [2.24, 2.45) is 0 Å². The van der Waals surface area contributed by atoms with Crippen molar-refractivity contribution in [3.05, 3.63) is 54.4 Å². The van der Waals surface area contributed by atoms with Gasteiger partial charge in [0.15, 0.2) is 0 Å². The Morgan fingerprint density at radius 3 is 2.47 bits per heavy atom. The maximum absolute atomic E-state index is 10.7. The van der Waals surface area contributed by atoms with Crippen LogP contribution in [0, 0.1) is 0 Å². The molecule has 2 rings (SSSR count). The summed E-state index contributed by atoms with van der Waals surface area (Å²) in [6, 6.07) is 11.3. The average Bonchev–Trinajstić information content (AvgIpc) is 2.70. The Labute approximate surface area is 87.6 Å². The largest absolute Gasteiger partial charge is 0.481 e. The zero-order valence-electron chi connectivity index (χ0n) is 8.13. The quantitative estimate of drug-likeness (QED) is 0.826. The van der Waals surface area contributed by atoms with Gasteiger partial charge in [0.05, 0.1) is 6.42 Å². The Kier molecular flexibility index (Phi) is 2.54. The van der Waals surface area contributed by atoms with Crippen molar-refractivity contribution >= 4 is 5.97 Å². The van der Waals surface area contributed by atoms with Crippen LogP contribution in [-0.2, 0) is 11.2 Å². The Morgan fingerprint density at radius 1 is 1.13 bits per heavy atom. The van der Waals surface area contributed by atoms with Crippen LogP contribution in [0.25, 0.3) is 5.69 Å². The Balaban J connectivity index is 2.42. The van der Waals surface area contributed by atoms with Crippen molar-refractivity contribution in [3.63, 3.8) is 0 Å². The van der Waals surface area contributed by atoms with Gasteiger partial charge in [-0.25, -0.2) is 0 Å². The molecular weight excluding hydrogens is 190 g/mol. The highest BCUT2D eigenvalue weighted by Crippen LogP contribution is 2.15. The lowest BCUT2D eigenvalue weighted by Crippen LogP contribution is -2.04. The highest BCUT2D eigenvalue weighted by atomic mass is 16.4. The molecule has 3 nitrogen and oxygen atoms in total. The molecule has 1 heterocycles. The number of aromatic nitrogens is 1. The molecule has 1 N–H and O–H groups in total. The number of para-hydroxylation sites is 1. The van der Waals surface area contributed by atoms with Gasteiger partial charge in [-0.3, -0.25) is 4.79 Å². The Hall–Kier alpha value is -2.03. The van der Waals surface area contributed by atoms with Crippen LogP contribution in [-0.4, -0.2) is 15.6 Å². The number of carboxylic acids is 1. The van der Waals surface area contributed by atoms with E-state index in [1.807, 2.05) is 53.4 Å². The van der Waals surface area contributed by atoms with E-state index in [2.05, 4.69) is 0 Å². The van der Waals surface area contributed by atoms with Crippen LogP contribution < -0.4 is 0 Å². The fraction of sp³-hybridized carbons (Fsp3) is 0.0833. The van der Waals surface area contributed by atoms with E-state index in [0.717, 1.165) is 11.3 Å². The second-order valence-corrected chi connectivity index (χ2v) is 3.29. The monoisotopic (exact) mass is 201 g/mol. The first-order chi connectivity index (χ1) is 7.27. The summed E-state index contributed by atoms with van der Waals surface area (Å²) >= 11 is 0. The molecule has 0 bridgehead atoms. The lowest BCUT2D eigenvalue weighted by molar-refractivity contribution is -0.136. The lowest BCUT2D eigenvalue weighted by Gasteiger charge is -2.08. The maximum Gasteiger partial charge on any atom is 0.307 e. The third-order valence-corrected chi connectivity index (χ3v) is 2.22. The number of aliphatic carboxylic acids is 1. The molecule has 0 unspecified atom stereocenters. The van der Waals surface area contributed by atoms with Gasteiger partial charge in [0.25, 0.3) is 0 Å². The van der Waals surface area contributed by atoms with E-state index in [1.54, 1.807) is 0 Å². The summed E-state index contributed by atoms with van der Waals surface area (Å²) in [5.74, 6) is -0.811. The lowest BCUT2D eigenvalue weighted by atomic mass is 10.1. The molecule has 0 saturated carbocycles. The van der Waals surface area contributed by atoms with Crippen LogP contribution in [0.2, 0.25) is 0 Å². The summed E-state index contributed by atoms with van der Waals surface area (Å²) in [5.41, 5.74) is 1.74. The molecule has 1 aromatic heterocycles. The number of hydrogen-bond donors (Lipinski definition) is 1. The fourth-order valence-electron chi connectivity index (χ4n) is 1.57. The van der Waals surface area contributed by atoms with E-state index in [0.29, 0.717) is 0 Å². The van der Waals surface area contributed by atoms with E-state index in [1.165, 1.54) is 0 Å². The number of hydrogen-bond acceptors (Lipinski definition) is 1. The zero-order chi connectivity index (χ0) is 10.7. The number of carboxylic acid groups (broad SMARTS) is 1. The normalized spacial score (nSPS) is 10.1. The molecule has 0 aliphatic heterocycles. The predicted molar refractivity (Wildman–Crippen MR) is 57.1 cm³/mol. The topological polar surface area (TPSA) is 42.2 Å². The molecule has 0 atom stereocenters. The summed E-state index contributed by atoms with van der Waals surface area (Å²) in [4.78, 5) is 10.7. The minimum atomic E-state index is -0.811. The van der Waals surface area contributed by atoms with Crippen molar-refractivity contribution in [1.82, 2.24) is 4.57 Å². The highest BCUT2D eigenvalue weighted by molar-refractivity contribution is 5.71. The van der Waals surface area contributed by atoms with Gasteiger partial charge in [-0.2, -0.15) is 0 Å². The first kappa shape index (κ1) is 9.52. The van der Waals surface area contributed by atoms with Crippen LogP contribution in [0.15, 0.2) is 48.8 Å². The van der Waals surface area contributed by atoms with Crippen molar-refractivity contribution in [2.45, 2.75) is 6.42 Å². The van der Waals surface area contributed by atoms with E-state index in [-0.39, 0.29) is 6.42 Å². The van der Waals surface area contributed by atoms with E-state index >= 15 is 0 Å². The smallest absolute Gasteiger partial charge is 0.307 e. The molecule has 1 aromatic carbocycles. The third-order valence-electron chi connectivity index (χ3n) is 2.22. The molecule has 0 aliphatic rings. The molecule has 2 aromatic rings. The molecule has 0 fully saturated rings. The van der Waals surface area contributed by atoms with Crippen molar-refractivity contribution < 1.29 is 9.90 Å². The van der Waals surface area contributed by atoms with Crippen LogP contribution in [0.5, 0.6) is 0 Å². The third kappa shape index (κ3) is 2.07. The summed E-state index contributed by atoms with van der Waals surface area (Å²) in [6.45, 7) is 0. The number of nitrogens with zero attached hydrogens (tertiary/aromatic N) is 1. The number of rotatable bonds is 3. The van der Waals surface area contributed by atoms with Crippen LogP contribution in [0.4, 0.5) is 0 Å². The van der Waals surface area contributed by atoms with Gasteiger partial charge < -0.3 is 9.67 Å². The molecule has 3 heteroatoms. The second-order valence-electron chi connectivity index (χ2n) is 3.29. The Morgan fingerprint density at radius 2 is 1.80 bits per heavy atom. The van der Waals surface area contributed by atoms with E-state index in [4.69, 9.17) is 5.11 Å². The molecule has 0 radical (unpaired) electrons. The van der Waals surface area contributed by atoms with Gasteiger partial charge in [0.2, 0.25) is 0 Å². The van der Waals surface area contributed by atoms with Gasteiger partial charge in [0, 0.05) is 18.1 Å². The van der Waals surface area contributed by atoms with Crippen LogP contribution >= 0.6 is 0 Å². The van der Waals surface area contributed by atoms with Gasteiger partial charge in [-0.1, -0.05) is 18.2 Å². The maximum atomic E-state index is 10.7. The van der Waals surface area contributed by atoms with Crippen LogP contribution in [0.1, 0.15) is 5.56 Å². The van der Waals surface area contributed by atoms with Gasteiger partial charge in [0.1, 0.15) is 0 Å². The summed E-state index contributed by atoms with van der Waals surface area (Å²) < 4.78 is 1.91.